The number of benzene rings is 2. The van der Waals surface area contributed by atoms with Crippen molar-refractivity contribution in [2.45, 2.75) is 0 Å². The molecule has 3 rings (SSSR count). The molecule has 1 aliphatic heterocycles. The first-order chi connectivity index (χ1) is 12.4. The molecule has 0 atom stereocenters. The van der Waals surface area contributed by atoms with Crippen molar-refractivity contribution >= 4 is 40.8 Å². The highest BCUT2D eigenvalue weighted by molar-refractivity contribution is 6.53. The number of hydrogen-bond donors (Lipinski definition) is 1. The molecule has 0 fully saturated rings. The van der Waals surface area contributed by atoms with E-state index in [2.05, 4.69) is 10.1 Å². The summed E-state index contributed by atoms with van der Waals surface area (Å²) in [5.74, 6) is -2.46. The normalized spacial score (nSPS) is 14.0. The van der Waals surface area contributed by atoms with E-state index in [0.29, 0.717) is 5.69 Å². The minimum absolute atomic E-state index is 0.133. The summed E-state index contributed by atoms with van der Waals surface area (Å²) in [6.07, 6.45) is 0. The number of anilines is 2. The fourth-order valence-corrected chi connectivity index (χ4v) is 2.63. The average molecular weight is 375 g/mol. The number of halogens is 2. The van der Waals surface area contributed by atoms with E-state index in [1.807, 2.05) is 0 Å². The molecule has 0 aliphatic carbocycles. The molecule has 0 saturated heterocycles. The maximum Gasteiger partial charge on any atom is 0.337 e. The van der Waals surface area contributed by atoms with Gasteiger partial charge in [0.25, 0.3) is 11.8 Å². The molecule has 0 aromatic heterocycles. The molecule has 1 heterocycles. The second-order valence-electron chi connectivity index (χ2n) is 5.31. The Balaban J connectivity index is 1.91. The van der Waals surface area contributed by atoms with Crippen LogP contribution in [-0.4, -0.2) is 24.9 Å². The van der Waals surface area contributed by atoms with Gasteiger partial charge in [0.05, 0.1) is 18.4 Å². The topological polar surface area (TPSA) is 75.7 Å². The number of amides is 2. The number of imide groups is 1. The predicted molar refractivity (Wildman–Crippen MR) is 93.2 cm³/mol. The third-order valence-corrected chi connectivity index (χ3v) is 4.02. The minimum atomic E-state index is -0.733. The smallest absolute Gasteiger partial charge is 0.337 e. The summed E-state index contributed by atoms with van der Waals surface area (Å²) in [6, 6.07) is 11.1. The van der Waals surface area contributed by atoms with Gasteiger partial charge in [-0.1, -0.05) is 17.7 Å². The number of nitrogens with zero attached hydrogens (tertiary/aromatic N) is 1. The third-order valence-electron chi connectivity index (χ3n) is 3.67. The molecule has 1 N–H and O–H groups in total. The van der Waals surface area contributed by atoms with Gasteiger partial charge in [-0.15, -0.1) is 0 Å². The Hall–Kier alpha value is -3.19. The van der Waals surface area contributed by atoms with E-state index < -0.39 is 23.6 Å². The number of carbonyl (C=O) groups excluding carboxylic acids is 3. The molecule has 0 bridgehead atoms. The SMILES string of the molecule is COC(=O)c1cccc(N2C(=O)C(Cl)=C(Nc3ccc(F)cc3)C2=O)c1. The third kappa shape index (κ3) is 3.16. The zero-order chi connectivity index (χ0) is 18.8. The highest BCUT2D eigenvalue weighted by Crippen LogP contribution is 2.30. The van der Waals surface area contributed by atoms with Crippen molar-refractivity contribution in [3.8, 4) is 0 Å². The molecule has 2 aromatic carbocycles. The molecule has 2 amide bonds. The Labute approximate surface area is 152 Å². The molecule has 132 valence electrons. The maximum absolute atomic E-state index is 13.0. The molecule has 0 spiro atoms. The number of carbonyl (C=O) groups is 3. The number of ether oxygens (including phenoxy) is 1. The predicted octanol–water partition coefficient (Wildman–Crippen LogP) is 3.05. The Morgan fingerprint density at radius 3 is 2.46 bits per heavy atom. The van der Waals surface area contributed by atoms with E-state index in [9.17, 15) is 18.8 Å². The monoisotopic (exact) mass is 374 g/mol. The lowest BCUT2D eigenvalue weighted by Gasteiger charge is -2.15. The lowest BCUT2D eigenvalue weighted by atomic mass is 10.2. The van der Waals surface area contributed by atoms with Crippen molar-refractivity contribution in [2.24, 2.45) is 0 Å². The van der Waals surface area contributed by atoms with Crippen molar-refractivity contribution in [2.75, 3.05) is 17.3 Å². The Kier molecular flexibility index (Phi) is 4.73. The Morgan fingerprint density at radius 1 is 1.12 bits per heavy atom. The van der Waals surface area contributed by atoms with Gasteiger partial charge in [-0.25, -0.2) is 14.1 Å². The van der Waals surface area contributed by atoms with Gasteiger partial charge in [-0.2, -0.15) is 0 Å². The first-order valence-electron chi connectivity index (χ1n) is 7.42. The summed E-state index contributed by atoms with van der Waals surface area (Å²) in [7, 11) is 1.23. The van der Waals surface area contributed by atoms with Crippen LogP contribution in [-0.2, 0) is 14.3 Å². The largest absolute Gasteiger partial charge is 0.465 e. The summed E-state index contributed by atoms with van der Waals surface area (Å²) in [5, 5.41) is 2.42. The second kappa shape index (κ2) is 6.97. The summed E-state index contributed by atoms with van der Waals surface area (Å²) >= 11 is 6.02. The van der Waals surface area contributed by atoms with Gasteiger partial charge in [0, 0.05) is 5.69 Å². The van der Waals surface area contributed by atoms with E-state index in [1.54, 1.807) is 0 Å². The zero-order valence-corrected chi connectivity index (χ0v) is 14.2. The van der Waals surface area contributed by atoms with Crippen LogP contribution in [0.3, 0.4) is 0 Å². The van der Waals surface area contributed by atoms with Crippen LogP contribution < -0.4 is 10.2 Å². The van der Waals surface area contributed by atoms with Gasteiger partial charge >= 0.3 is 5.97 Å². The van der Waals surface area contributed by atoms with Crippen molar-refractivity contribution in [1.82, 2.24) is 0 Å². The highest BCUT2D eigenvalue weighted by Gasteiger charge is 2.39. The first-order valence-corrected chi connectivity index (χ1v) is 7.79. The van der Waals surface area contributed by atoms with Gasteiger partial charge in [-0.05, 0) is 42.5 Å². The zero-order valence-electron chi connectivity index (χ0n) is 13.5. The van der Waals surface area contributed by atoms with Crippen LogP contribution in [0.4, 0.5) is 15.8 Å². The Morgan fingerprint density at radius 2 is 1.81 bits per heavy atom. The van der Waals surface area contributed by atoms with Crippen molar-refractivity contribution < 1.29 is 23.5 Å². The molecule has 0 saturated carbocycles. The molecule has 2 aromatic rings. The maximum atomic E-state index is 13.0. The molecule has 0 unspecified atom stereocenters. The summed E-state index contributed by atoms with van der Waals surface area (Å²) in [6.45, 7) is 0. The fraction of sp³-hybridized carbons (Fsp3) is 0.0556. The van der Waals surface area contributed by atoms with Crippen LogP contribution in [0, 0.1) is 5.82 Å². The van der Waals surface area contributed by atoms with Gasteiger partial charge in [0.15, 0.2) is 0 Å². The Bertz CT molecular complexity index is 940. The molecule has 6 nitrogen and oxygen atoms in total. The molecular formula is C18H12ClFN2O4. The molecule has 1 aliphatic rings. The number of hydrogen-bond acceptors (Lipinski definition) is 5. The molecular weight excluding hydrogens is 363 g/mol. The second-order valence-corrected chi connectivity index (χ2v) is 5.69. The van der Waals surface area contributed by atoms with E-state index in [0.717, 1.165) is 4.90 Å². The quantitative estimate of drug-likeness (QED) is 0.657. The summed E-state index contributed by atoms with van der Waals surface area (Å²) in [5.41, 5.74) is 0.622. The minimum Gasteiger partial charge on any atom is -0.465 e. The van der Waals surface area contributed by atoms with Crippen molar-refractivity contribution in [1.29, 1.82) is 0 Å². The number of rotatable bonds is 4. The summed E-state index contributed by atoms with van der Waals surface area (Å²) < 4.78 is 17.6. The van der Waals surface area contributed by atoms with Gasteiger partial charge < -0.3 is 10.1 Å². The van der Waals surface area contributed by atoms with Crippen LogP contribution in [0.1, 0.15) is 10.4 Å². The number of esters is 1. The van der Waals surface area contributed by atoms with Gasteiger partial charge in [-0.3, -0.25) is 9.59 Å². The average Bonchev–Trinajstić information content (AvgIpc) is 2.86. The lowest BCUT2D eigenvalue weighted by molar-refractivity contribution is -0.120. The van der Waals surface area contributed by atoms with Crippen molar-refractivity contribution in [3.05, 3.63) is 70.6 Å². The van der Waals surface area contributed by atoms with Crippen LogP contribution >= 0.6 is 11.6 Å². The van der Waals surface area contributed by atoms with Crippen molar-refractivity contribution in [3.63, 3.8) is 0 Å². The number of methoxy groups -OCH3 is 1. The molecule has 0 radical (unpaired) electrons. The van der Waals surface area contributed by atoms with Gasteiger partial charge in [0.2, 0.25) is 0 Å². The first kappa shape index (κ1) is 17.6. The molecule has 26 heavy (non-hydrogen) atoms. The van der Waals surface area contributed by atoms with Crippen LogP contribution in [0.15, 0.2) is 59.3 Å². The van der Waals surface area contributed by atoms with E-state index in [4.69, 9.17) is 11.6 Å². The lowest BCUT2D eigenvalue weighted by Crippen LogP contribution is -2.32. The standard InChI is InChI=1S/C18H12ClFN2O4/c1-26-18(25)10-3-2-4-13(9-10)22-16(23)14(19)15(17(22)24)21-12-7-5-11(20)6-8-12/h2-9,21H,1H3. The fourth-order valence-electron chi connectivity index (χ4n) is 2.41. The molecule has 8 heteroatoms. The van der Waals surface area contributed by atoms with E-state index >= 15 is 0 Å². The van der Waals surface area contributed by atoms with Crippen LogP contribution in [0.25, 0.3) is 0 Å². The summed E-state index contributed by atoms with van der Waals surface area (Å²) in [4.78, 5) is 37.6. The number of nitrogens with one attached hydrogen (secondary N) is 1. The van der Waals surface area contributed by atoms with Crippen LogP contribution in [0.2, 0.25) is 0 Å². The van der Waals surface area contributed by atoms with Gasteiger partial charge in [0.1, 0.15) is 16.5 Å². The highest BCUT2D eigenvalue weighted by atomic mass is 35.5. The van der Waals surface area contributed by atoms with Crippen LogP contribution in [0.5, 0.6) is 0 Å². The van der Waals surface area contributed by atoms with E-state index in [1.165, 1.54) is 55.6 Å². The van der Waals surface area contributed by atoms with E-state index in [-0.39, 0.29) is 22.0 Å².